The molecule has 5 heteroatoms. The van der Waals surface area contributed by atoms with Gasteiger partial charge in [-0.3, -0.25) is 9.59 Å². The second-order valence-corrected chi connectivity index (χ2v) is 5.67. The van der Waals surface area contributed by atoms with Crippen LogP contribution in [0.3, 0.4) is 0 Å². The third-order valence-corrected chi connectivity index (χ3v) is 4.24. The predicted molar refractivity (Wildman–Crippen MR) is 83.3 cm³/mol. The zero-order valence-electron chi connectivity index (χ0n) is 12.5. The van der Waals surface area contributed by atoms with E-state index in [1.54, 1.807) is 12.1 Å². The fraction of sp³-hybridized carbons (Fsp3) is 0.222. The Morgan fingerprint density at radius 1 is 1.04 bits per heavy atom. The minimum atomic E-state index is -0.934. The number of ketones is 2. The zero-order chi connectivity index (χ0) is 15.7. The van der Waals surface area contributed by atoms with E-state index in [-0.39, 0.29) is 45.1 Å². The first-order valence-electron chi connectivity index (χ1n) is 7.20. The Bertz CT molecular complexity index is 781. The molecule has 118 valence electrons. The molecule has 2 aromatic carbocycles. The van der Waals surface area contributed by atoms with Crippen LogP contribution in [0.5, 0.6) is 0 Å². The fourth-order valence-electron chi connectivity index (χ4n) is 2.60. The zero-order valence-corrected chi connectivity index (χ0v) is 15.4. The van der Waals surface area contributed by atoms with Gasteiger partial charge in [-0.05, 0) is 35.7 Å². The Morgan fingerprint density at radius 2 is 1.70 bits per heavy atom. The molecule has 0 radical (unpaired) electrons. The second kappa shape index (κ2) is 6.67. The molecule has 0 heterocycles. The van der Waals surface area contributed by atoms with E-state index >= 15 is 0 Å². The van der Waals surface area contributed by atoms with Gasteiger partial charge in [-0.2, -0.15) is 0 Å². The van der Waals surface area contributed by atoms with Gasteiger partial charge in [-0.1, -0.05) is 30.3 Å². The smallest absolute Gasteiger partial charge is 0.251 e. The largest absolute Gasteiger partial charge is 0.345 e. The van der Waals surface area contributed by atoms with Crippen molar-refractivity contribution in [2.45, 2.75) is 12.8 Å². The standard InChI is InChI=1S/C18H16NO3.W/c1-12(20)18(8-9-18)16(21)11-19-17(22)15-7-6-13-4-2-3-5-14(13)10-15;/h2-7,10H,1,8-9,11H2,(H,19,22);/q-1;. The van der Waals surface area contributed by atoms with Crippen LogP contribution in [-0.2, 0) is 30.7 Å². The van der Waals surface area contributed by atoms with Crippen LogP contribution < -0.4 is 5.32 Å². The quantitative estimate of drug-likeness (QED) is 0.531. The third kappa shape index (κ3) is 3.37. The minimum Gasteiger partial charge on any atom is -0.345 e. The van der Waals surface area contributed by atoms with Gasteiger partial charge in [0.15, 0.2) is 5.78 Å². The molecule has 0 unspecified atom stereocenters. The molecule has 3 rings (SSSR count). The van der Waals surface area contributed by atoms with E-state index in [1.165, 1.54) is 0 Å². The van der Waals surface area contributed by atoms with E-state index in [1.807, 2.05) is 30.3 Å². The summed E-state index contributed by atoms with van der Waals surface area (Å²) in [6, 6.07) is 13.1. The second-order valence-electron chi connectivity index (χ2n) is 5.67. The van der Waals surface area contributed by atoms with Gasteiger partial charge in [-0.15, -0.1) is 0 Å². The van der Waals surface area contributed by atoms with Crippen molar-refractivity contribution in [1.82, 2.24) is 5.32 Å². The van der Waals surface area contributed by atoms with Gasteiger partial charge >= 0.3 is 0 Å². The number of carbonyl (C=O) groups is 3. The van der Waals surface area contributed by atoms with Crippen molar-refractivity contribution < 1.29 is 35.4 Å². The Morgan fingerprint density at radius 3 is 2.30 bits per heavy atom. The van der Waals surface area contributed by atoms with E-state index in [9.17, 15) is 14.4 Å². The van der Waals surface area contributed by atoms with Crippen LogP contribution >= 0.6 is 0 Å². The summed E-state index contributed by atoms with van der Waals surface area (Å²) in [4.78, 5) is 35.6. The van der Waals surface area contributed by atoms with E-state index in [0.717, 1.165) is 10.8 Å². The first-order chi connectivity index (χ1) is 10.5. The maximum Gasteiger partial charge on any atom is 0.251 e. The summed E-state index contributed by atoms with van der Waals surface area (Å²) < 4.78 is 0. The number of benzene rings is 2. The Hall–Kier alpha value is -1.93. The van der Waals surface area contributed by atoms with Crippen LogP contribution in [0, 0.1) is 12.3 Å². The molecule has 1 saturated carbocycles. The fourth-order valence-corrected chi connectivity index (χ4v) is 2.60. The van der Waals surface area contributed by atoms with Crippen molar-refractivity contribution in [1.29, 1.82) is 0 Å². The van der Waals surface area contributed by atoms with E-state index in [4.69, 9.17) is 0 Å². The van der Waals surface area contributed by atoms with Crippen molar-refractivity contribution in [3.05, 3.63) is 55.0 Å². The molecule has 1 aliphatic rings. The van der Waals surface area contributed by atoms with Gasteiger partial charge in [0, 0.05) is 32.4 Å². The molecular weight excluding hydrogens is 462 g/mol. The summed E-state index contributed by atoms with van der Waals surface area (Å²) in [5.41, 5.74) is -0.436. The molecule has 2 aromatic rings. The Kier molecular flexibility index (Phi) is 5.05. The number of amides is 1. The number of hydrogen-bond acceptors (Lipinski definition) is 3. The molecular formula is C18H16NO3W-. The Balaban J connectivity index is 0.00000192. The number of fused-ring (bicyclic) bond motifs is 1. The van der Waals surface area contributed by atoms with Crippen LogP contribution in [0.4, 0.5) is 0 Å². The molecule has 0 aromatic heterocycles. The summed E-state index contributed by atoms with van der Waals surface area (Å²) in [7, 11) is 0. The molecule has 23 heavy (non-hydrogen) atoms. The molecule has 1 fully saturated rings. The van der Waals surface area contributed by atoms with E-state index in [2.05, 4.69) is 12.2 Å². The number of nitrogens with one attached hydrogen (secondary N) is 1. The summed E-state index contributed by atoms with van der Waals surface area (Å²) in [5.74, 6) is -0.912. The summed E-state index contributed by atoms with van der Waals surface area (Å²) in [6.07, 6.45) is 1.08. The van der Waals surface area contributed by atoms with Crippen LogP contribution in [0.15, 0.2) is 42.5 Å². The molecule has 4 nitrogen and oxygen atoms in total. The maximum absolute atomic E-state index is 12.1. The van der Waals surface area contributed by atoms with Crippen molar-refractivity contribution in [2.24, 2.45) is 5.41 Å². The number of carbonyl (C=O) groups excluding carboxylic acids is 3. The number of Topliss-reactive ketones (excluding diaryl/α,β-unsaturated/α-hetero) is 2. The molecule has 0 atom stereocenters. The van der Waals surface area contributed by atoms with Crippen LogP contribution in [0.2, 0.25) is 0 Å². The maximum atomic E-state index is 12.1. The molecule has 1 N–H and O–H groups in total. The molecule has 1 amide bonds. The minimum absolute atomic E-state index is 0. The Labute approximate surface area is 148 Å². The third-order valence-electron chi connectivity index (χ3n) is 4.24. The van der Waals surface area contributed by atoms with Gasteiger partial charge in [0.05, 0.1) is 12.0 Å². The first kappa shape index (κ1) is 17.4. The predicted octanol–water partition coefficient (Wildman–Crippen LogP) is 2.32. The van der Waals surface area contributed by atoms with Gasteiger partial charge in [0.1, 0.15) is 0 Å². The average Bonchev–Trinajstić information content (AvgIpc) is 3.33. The van der Waals surface area contributed by atoms with Crippen molar-refractivity contribution in [3.8, 4) is 0 Å². The van der Waals surface area contributed by atoms with E-state index < -0.39 is 5.41 Å². The van der Waals surface area contributed by atoms with Crippen molar-refractivity contribution in [2.75, 3.05) is 6.54 Å². The van der Waals surface area contributed by atoms with E-state index in [0.29, 0.717) is 18.4 Å². The van der Waals surface area contributed by atoms with Crippen LogP contribution in [0.1, 0.15) is 23.2 Å². The van der Waals surface area contributed by atoms with Crippen LogP contribution in [-0.4, -0.2) is 24.0 Å². The molecule has 0 saturated heterocycles. The summed E-state index contributed by atoms with van der Waals surface area (Å²) in [5, 5.41) is 4.61. The monoisotopic (exact) mass is 478 g/mol. The normalized spacial score (nSPS) is 14.6. The molecule has 0 aliphatic heterocycles. The SMILES string of the molecule is [CH2-]C(=O)C1(C(=O)CNC(=O)c2ccc3ccccc3c2)CC1.[W]. The van der Waals surface area contributed by atoms with Gasteiger partial charge in [0.25, 0.3) is 5.91 Å². The summed E-state index contributed by atoms with van der Waals surface area (Å²) >= 11 is 0. The average molecular weight is 478 g/mol. The molecule has 1 aliphatic carbocycles. The van der Waals surface area contributed by atoms with Crippen molar-refractivity contribution in [3.63, 3.8) is 0 Å². The topological polar surface area (TPSA) is 63.2 Å². The van der Waals surface area contributed by atoms with Gasteiger partial charge < -0.3 is 17.0 Å². The number of rotatable bonds is 5. The van der Waals surface area contributed by atoms with Gasteiger partial charge in [-0.25, -0.2) is 0 Å². The van der Waals surface area contributed by atoms with Crippen LogP contribution in [0.25, 0.3) is 10.8 Å². The summed E-state index contributed by atoms with van der Waals surface area (Å²) in [6.45, 7) is 3.21. The van der Waals surface area contributed by atoms with Gasteiger partial charge in [0.2, 0.25) is 0 Å². The number of hydrogen-bond donors (Lipinski definition) is 1. The van der Waals surface area contributed by atoms with Crippen molar-refractivity contribution >= 4 is 28.2 Å². The molecule has 0 bridgehead atoms. The molecule has 0 spiro atoms. The first-order valence-corrected chi connectivity index (χ1v) is 7.20.